The van der Waals surface area contributed by atoms with Crippen LogP contribution in [0.4, 0.5) is 0 Å². The molecule has 1 aliphatic heterocycles. The zero-order valence-corrected chi connectivity index (χ0v) is 21.0. The Kier molecular flexibility index (Phi) is 7.03. The molecule has 186 valence electrons. The molecule has 1 aromatic heterocycles. The molecular formula is C27H31NO7. The monoisotopic (exact) mass is 481 g/mol. The van der Waals surface area contributed by atoms with Crippen LogP contribution in [0.25, 0.3) is 11.0 Å². The number of nitrogens with zero attached hydrogens (tertiary/aromatic N) is 1. The van der Waals surface area contributed by atoms with Gasteiger partial charge in [0.15, 0.2) is 16.9 Å². The first-order valence-corrected chi connectivity index (χ1v) is 11.6. The molecule has 1 unspecified atom stereocenters. The van der Waals surface area contributed by atoms with Crippen molar-refractivity contribution >= 4 is 16.9 Å². The highest BCUT2D eigenvalue weighted by atomic mass is 16.5. The number of rotatable bonds is 9. The molecule has 8 heteroatoms. The molecule has 1 amide bonds. The second-order valence-corrected chi connectivity index (χ2v) is 8.81. The normalized spacial score (nSPS) is 15.1. The van der Waals surface area contributed by atoms with Crippen LogP contribution in [0.15, 0.2) is 39.5 Å². The summed E-state index contributed by atoms with van der Waals surface area (Å²) in [7, 11) is 4.58. The number of aryl methyl sites for hydroxylation is 1. The molecule has 0 aliphatic carbocycles. The Hall–Kier alpha value is -3.52. The van der Waals surface area contributed by atoms with Gasteiger partial charge in [-0.05, 0) is 57.0 Å². The zero-order chi connectivity index (χ0) is 25.3. The first-order chi connectivity index (χ1) is 16.8. The summed E-state index contributed by atoms with van der Waals surface area (Å²) in [6.45, 7) is 6.71. The van der Waals surface area contributed by atoms with Crippen LogP contribution in [0, 0.1) is 6.92 Å². The minimum atomic E-state index is -0.675. The molecule has 1 aliphatic rings. The lowest BCUT2D eigenvalue weighted by Crippen LogP contribution is -2.31. The first kappa shape index (κ1) is 24.6. The minimum Gasteiger partial charge on any atom is -0.493 e. The smallest absolute Gasteiger partial charge is 0.290 e. The average Bonchev–Trinajstić information content (AvgIpc) is 3.12. The summed E-state index contributed by atoms with van der Waals surface area (Å²) in [5, 5.41) is 0.444. The van der Waals surface area contributed by atoms with Gasteiger partial charge >= 0.3 is 0 Å². The van der Waals surface area contributed by atoms with Gasteiger partial charge in [-0.2, -0.15) is 0 Å². The summed E-state index contributed by atoms with van der Waals surface area (Å²) >= 11 is 0. The van der Waals surface area contributed by atoms with E-state index in [4.69, 9.17) is 23.4 Å². The molecule has 35 heavy (non-hydrogen) atoms. The Bertz CT molecular complexity index is 1290. The summed E-state index contributed by atoms with van der Waals surface area (Å²) in [6.07, 6.45) is 0.690. The van der Waals surface area contributed by atoms with Crippen LogP contribution >= 0.6 is 0 Å². The predicted molar refractivity (Wildman–Crippen MR) is 132 cm³/mol. The molecular weight excluding hydrogens is 450 g/mol. The van der Waals surface area contributed by atoms with Gasteiger partial charge in [-0.3, -0.25) is 9.59 Å². The molecule has 2 aromatic carbocycles. The molecule has 0 saturated heterocycles. The number of fused-ring (bicyclic) bond motifs is 2. The second kappa shape index (κ2) is 10.00. The fraction of sp³-hybridized carbons (Fsp3) is 0.407. The van der Waals surface area contributed by atoms with Crippen LogP contribution in [0.5, 0.6) is 17.2 Å². The Morgan fingerprint density at radius 2 is 1.69 bits per heavy atom. The molecule has 1 atom stereocenters. The molecule has 4 rings (SSSR count). The van der Waals surface area contributed by atoms with E-state index in [0.717, 1.165) is 5.56 Å². The van der Waals surface area contributed by atoms with Gasteiger partial charge in [0.1, 0.15) is 5.58 Å². The number of methoxy groups -OCH3 is 3. The van der Waals surface area contributed by atoms with Crippen molar-refractivity contribution in [3.8, 4) is 17.2 Å². The Morgan fingerprint density at radius 3 is 2.29 bits per heavy atom. The summed E-state index contributed by atoms with van der Waals surface area (Å²) in [6, 6.07) is 8.24. The Morgan fingerprint density at radius 1 is 1.00 bits per heavy atom. The van der Waals surface area contributed by atoms with E-state index >= 15 is 0 Å². The zero-order valence-electron chi connectivity index (χ0n) is 21.0. The third kappa shape index (κ3) is 4.46. The van der Waals surface area contributed by atoms with Crippen LogP contribution in [-0.4, -0.2) is 51.4 Å². The molecule has 0 N–H and O–H groups in total. The van der Waals surface area contributed by atoms with E-state index in [9.17, 15) is 9.59 Å². The second-order valence-electron chi connectivity index (χ2n) is 8.81. The van der Waals surface area contributed by atoms with E-state index in [2.05, 4.69) is 0 Å². The van der Waals surface area contributed by atoms with E-state index in [0.29, 0.717) is 58.9 Å². The topological polar surface area (TPSA) is 87.4 Å². The van der Waals surface area contributed by atoms with E-state index < -0.39 is 6.04 Å². The molecule has 3 aromatic rings. The quantitative estimate of drug-likeness (QED) is 0.416. The maximum absolute atomic E-state index is 13.7. The maximum atomic E-state index is 13.7. The van der Waals surface area contributed by atoms with Crippen LogP contribution in [0.2, 0.25) is 0 Å². The summed E-state index contributed by atoms with van der Waals surface area (Å²) in [5.74, 6) is 1.04. The van der Waals surface area contributed by atoms with Crippen LogP contribution in [0.1, 0.15) is 53.6 Å². The van der Waals surface area contributed by atoms with E-state index in [-0.39, 0.29) is 23.2 Å². The molecule has 0 radical (unpaired) electrons. The molecule has 0 fully saturated rings. The van der Waals surface area contributed by atoms with Gasteiger partial charge in [0.05, 0.1) is 44.4 Å². The standard InChI is InChI=1S/C27H31NO7/c1-15(2)34-11-7-10-28-23(17-13-20(31-4)25(33-6)21(14-17)32-5)22-24(29)18-12-16(3)8-9-19(18)35-26(22)27(28)30/h8-9,12-15,23H,7,10-11H2,1-6H3. The average molecular weight is 482 g/mol. The lowest BCUT2D eigenvalue weighted by atomic mass is 9.97. The number of hydrogen-bond acceptors (Lipinski definition) is 7. The van der Waals surface area contributed by atoms with Crippen molar-refractivity contribution in [2.75, 3.05) is 34.5 Å². The van der Waals surface area contributed by atoms with Gasteiger partial charge in [-0.25, -0.2) is 0 Å². The number of amides is 1. The van der Waals surface area contributed by atoms with E-state index in [1.165, 1.54) is 21.3 Å². The van der Waals surface area contributed by atoms with Crippen LogP contribution < -0.4 is 19.6 Å². The van der Waals surface area contributed by atoms with Gasteiger partial charge in [0.2, 0.25) is 11.5 Å². The third-order valence-electron chi connectivity index (χ3n) is 6.12. The Labute approximate surface area is 204 Å². The van der Waals surface area contributed by atoms with Crippen molar-refractivity contribution in [2.45, 2.75) is 39.3 Å². The van der Waals surface area contributed by atoms with E-state index in [1.807, 2.05) is 26.8 Å². The predicted octanol–water partition coefficient (Wildman–Crippen LogP) is 4.49. The Balaban J connectivity index is 1.90. The largest absolute Gasteiger partial charge is 0.493 e. The van der Waals surface area contributed by atoms with Crippen molar-refractivity contribution in [1.82, 2.24) is 4.90 Å². The van der Waals surface area contributed by atoms with Crippen molar-refractivity contribution < 1.29 is 28.2 Å². The highest BCUT2D eigenvalue weighted by Crippen LogP contribution is 2.45. The van der Waals surface area contributed by atoms with Crippen molar-refractivity contribution in [1.29, 1.82) is 0 Å². The number of carbonyl (C=O) groups excluding carboxylic acids is 1. The highest BCUT2D eigenvalue weighted by molar-refractivity contribution is 5.99. The molecule has 0 bridgehead atoms. The SMILES string of the molecule is COc1cc(C2c3c(oc4ccc(C)cc4c3=O)C(=O)N2CCCOC(C)C)cc(OC)c1OC. The number of benzene rings is 2. The highest BCUT2D eigenvalue weighted by Gasteiger charge is 2.43. The van der Waals surface area contributed by atoms with Crippen LogP contribution in [0.3, 0.4) is 0 Å². The molecule has 8 nitrogen and oxygen atoms in total. The van der Waals surface area contributed by atoms with Crippen molar-refractivity contribution in [3.05, 3.63) is 63.0 Å². The summed E-state index contributed by atoms with van der Waals surface area (Å²) in [5.41, 5.74) is 2.07. The van der Waals surface area contributed by atoms with Gasteiger partial charge in [0, 0.05) is 13.2 Å². The third-order valence-corrected chi connectivity index (χ3v) is 6.12. The lowest BCUT2D eigenvalue weighted by molar-refractivity contribution is 0.0593. The number of ether oxygens (including phenoxy) is 4. The van der Waals surface area contributed by atoms with Gasteiger partial charge < -0.3 is 28.3 Å². The minimum absolute atomic E-state index is 0.0647. The van der Waals surface area contributed by atoms with Crippen molar-refractivity contribution in [2.24, 2.45) is 0 Å². The first-order valence-electron chi connectivity index (χ1n) is 11.6. The van der Waals surface area contributed by atoms with Gasteiger partial charge in [0.25, 0.3) is 5.91 Å². The fourth-order valence-corrected chi connectivity index (χ4v) is 4.52. The maximum Gasteiger partial charge on any atom is 0.290 e. The summed E-state index contributed by atoms with van der Waals surface area (Å²) in [4.78, 5) is 29.0. The molecule has 0 saturated carbocycles. The lowest BCUT2D eigenvalue weighted by Gasteiger charge is -2.26. The van der Waals surface area contributed by atoms with Gasteiger partial charge in [-0.15, -0.1) is 0 Å². The summed E-state index contributed by atoms with van der Waals surface area (Å²) < 4.78 is 28.2. The number of hydrogen-bond donors (Lipinski definition) is 0. The fourth-order valence-electron chi connectivity index (χ4n) is 4.52. The number of carbonyl (C=O) groups is 1. The van der Waals surface area contributed by atoms with E-state index in [1.54, 1.807) is 29.2 Å². The van der Waals surface area contributed by atoms with Crippen molar-refractivity contribution in [3.63, 3.8) is 0 Å². The van der Waals surface area contributed by atoms with Crippen LogP contribution in [-0.2, 0) is 4.74 Å². The molecule has 2 heterocycles. The molecule has 0 spiro atoms. The van der Waals surface area contributed by atoms with Gasteiger partial charge in [-0.1, -0.05) is 11.6 Å².